The van der Waals surface area contributed by atoms with E-state index in [0.717, 1.165) is 26.3 Å². The largest absolute Gasteiger partial charge is 0.297 e. The predicted octanol–water partition coefficient (Wildman–Crippen LogP) is 4.09. The summed E-state index contributed by atoms with van der Waals surface area (Å²) in [5, 5.41) is 5.27. The monoisotopic (exact) mass is 345 g/mol. The van der Waals surface area contributed by atoms with Crippen molar-refractivity contribution in [2.24, 2.45) is 7.05 Å². The Bertz CT molecular complexity index is 801. The minimum absolute atomic E-state index is 0.633. The highest BCUT2D eigenvalue weighted by atomic mass is 35.5. The van der Waals surface area contributed by atoms with E-state index in [9.17, 15) is 0 Å². The number of hydrogen-bond acceptors (Lipinski definition) is 5. The molecule has 3 rings (SSSR count). The lowest BCUT2D eigenvalue weighted by atomic mass is 10.4. The summed E-state index contributed by atoms with van der Waals surface area (Å²) in [5.74, 6) is 1.59. The molecular weight excluding hydrogens is 330 g/mol. The molecule has 0 spiro atoms. The van der Waals surface area contributed by atoms with E-state index in [1.165, 1.54) is 0 Å². The summed E-state index contributed by atoms with van der Waals surface area (Å²) in [6, 6.07) is 9.58. The summed E-state index contributed by atoms with van der Waals surface area (Å²) < 4.78 is 1.85. The summed E-state index contributed by atoms with van der Waals surface area (Å²) in [4.78, 5) is 12.7. The van der Waals surface area contributed by atoms with Crippen LogP contribution in [0.5, 0.6) is 0 Å². The Kier molecular flexibility index (Phi) is 4.54. The zero-order chi connectivity index (χ0) is 16.4. The van der Waals surface area contributed by atoms with Crippen molar-refractivity contribution in [1.82, 2.24) is 19.7 Å². The van der Waals surface area contributed by atoms with Gasteiger partial charge in [0.15, 0.2) is 0 Å². The zero-order valence-corrected chi connectivity index (χ0v) is 14.6. The average molecular weight is 346 g/mol. The van der Waals surface area contributed by atoms with E-state index in [2.05, 4.69) is 15.1 Å². The molecule has 3 aromatic rings. The number of rotatable bonds is 4. The second kappa shape index (κ2) is 6.60. The SMILES string of the molecule is Cc1nn(C)c(N(C)c2ncccn2)c1Sc1ccc(Cl)cc1. The van der Waals surface area contributed by atoms with Crippen LogP contribution in [-0.4, -0.2) is 26.8 Å². The molecular formula is C16H16ClN5S. The lowest BCUT2D eigenvalue weighted by Crippen LogP contribution is -2.16. The summed E-state index contributed by atoms with van der Waals surface area (Å²) in [7, 11) is 3.87. The summed E-state index contributed by atoms with van der Waals surface area (Å²) in [6.07, 6.45) is 3.46. The number of benzene rings is 1. The van der Waals surface area contributed by atoms with Crippen LogP contribution in [0.2, 0.25) is 5.02 Å². The van der Waals surface area contributed by atoms with Gasteiger partial charge in [0.05, 0.1) is 10.6 Å². The maximum Gasteiger partial charge on any atom is 0.230 e. The first-order valence-electron chi connectivity index (χ1n) is 7.04. The highest BCUT2D eigenvalue weighted by Gasteiger charge is 2.20. The molecule has 0 N–H and O–H groups in total. The topological polar surface area (TPSA) is 46.8 Å². The maximum absolute atomic E-state index is 5.96. The minimum Gasteiger partial charge on any atom is -0.297 e. The molecule has 0 atom stereocenters. The molecule has 5 nitrogen and oxygen atoms in total. The van der Waals surface area contributed by atoms with Gasteiger partial charge >= 0.3 is 0 Å². The first-order chi connectivity index (χ1) is 11.1. The van der Waals surface area contributed by atoms with Gasteiger partial charge in [-0.1, -0.05) is 23.4 Å². The third kappa shape index (κ3) is 3.33. The zero-order valence-electron chi connectivity index (χ0n) is 13.1. The second-order valence-corrected chi connectivity index (χ2v) is 6.55. The highest BCUT2D eigenvalue weighted by Crippen LogP contribution is 2.39. The third-order valence-corrected chi connectivity index (χ3v) is 4.78. The van der Waals surface area contributed by atoms with Crippen molar-refractivity contribution in [2.75, 3.05) is 11.9 Å². The van der Waals surface area contributed by atoms with Crippen molar-refractivity contribution in [3.8, 4) is 0 Å². The smallest absolute Gasteiger partial charge is 0.230 e. The number of aryl methyl sites for hydroxylation is 2. The van der Waals surface area contributed by atoms with E-state index in [1.807, 2.05) is 54.9 Å². The van der Waals surface area contributed by atoms with Gasteiger partial charge in [-0.2, -0.15) is 5.10 Å². The fourth-order valence-corrected chi connectivity index (χ4v) is 3.48. The van der Waals surface area contributed by atoms with E-state index in [4.69, 9.17) is 11.6 Å². The molecule has 1 aromatic carbocycles. The van der Waals surface area contributed by atoms with Crippen LogP contribution in [0.25, 0.3) is 0 Å². The number of hydrogen-bond donors (Lipinski definition) is 0. The Morgan fingerprint density at radius 3 is 2.43 bits per heavy atom. The van der Waals surface area contributed by atoms with Gasteiger partial charge in [0, 0.05) is 36.4 Å². The van der Waals surface area contributed by atoms with Gasteiger partial charge in [-0.15, -0.1) is 0 Å². The lowest BCUT2D eigenvalue weighted by molar-refractivity contribution is 0.746. The van der Waals surface area contributed by atoms with Gasteiger partial charge in [0.1, 0.15) is 5.82 Å². The van der Waals surface area contributed by atoms with Crippen molar-refractivity contribution in [3.63, 3.8) is 0 Å². The van der Waals surface area contributed by atoms with Crippen molar-refractivity contribution >= 4 is 35.1 Å². The van der Waals surface area contributed by atoms with Crippen LogP contribution in [0.4, 0.5) is 11.8 Å². The average Bonchev–Trinajstić information content (AvgIpc) is 2.83. The van der Waals surface area contributed by atoms with Crippen LogP contribution in [0.1, 0.15) is 5.69 Å². The van der Waals surface area contributed by atoms with E-state index < -0.39 is 0 Å². The van der Waals surface area contributed by atoms with Crippen LogP contribution < -0.4 is 4.90 Å². The Morgan fingerprint density at radius 2 is 1.78 bits per heavy atom. The highest BCUT2D eigenvalue weighted by molar-refractivity contribution is 7.99. The molecule has 0 aliphatic rings. The van der Waals surface area contributed by atoms with Gasteiger partial charge in [-0.05, 0) is 37.3 Å². The molecule has 2 heterocycles. The van der Waals surface area contributed by atoms with Crippen molar-refractivity contribution in [2.45, 2.75) is 16.7 Å². The number of halogens is 1. The van der Waals surface area contributed by atoms with Crippen LogP contribution >= 0.6 is 23.4 Å². The molecule has 0 unspecified atom stereocenters. The number of anilines is 2. The summed E-state index contributed by atoms with van der Waals surface area (Å²) >= 11 is 7.62. The number of nitrogens with zero attached hydrogens (tertiary/aromatic N) is 5. The molecule has 0 saturated carbocycles. The van der Waals surface area contributed by atoms with E-state index in [-0.39, 0.29) is 0 Å². The van der Waals surface area contributed by atoms with E-state index in [0.29, 0.717) is 5.95 Å². The maximum atomic E-state index is 5.96. The predicted molar refractivity (Wildman–Crippen MR) is 93.6 cm³/mol. The molecule has 7 heteroatoms. The fraction of sp³-hybridized carbons (Fsp3) is 0.188. The van der Waals surface area contributed by atoms with Crippen molar-refractivity contribution in [3.05, 3.63) is 53.4 Å². The fourth-order valence-electron chi connectivity index (χ4n) is 2.30. The van der Waals surface area contributed by atoms with Crippen LogP contribution in [0, 0.1) is 6.92 Å². The molecule has 0 radical (unpaired) electrons. The Morgan fingerprint density at radius 1 is 1.13 bits per heavy atom. The number of aromatic nitrogens is 4. The molecule has 0 fully saturated rings. The molecule has 0 amide bonds. The lowest BCUT2D eigenvalue weighted by Gasteiger charge is -2.18. The van der Waals surface area contributed by atoms with Crippen LogP contribution in [0.3, 0.4) is 0 Å². The standard InChI is InChI=1S/C16H16ClN5S/c1-11-14(23-13-7-5-12(17)6-8-13)15(22(3)20-11)21(2)16-18-9-4-10-19-16/h4-10H,1-3H3. The van der Waals surface area contributed by atoms with Crippen LogP contribution in [-0.2, 0) is 7.05 Å². The van der Waals surface area contributed by atoms with Crippen LogP contribution in [0.15, 0.2) is 52.5 Å². The van der Waals surface area contributed by atoms with E-state index in [1.54, 1.807) is 30.2 Å². The molecule has 118 valence electrons. The molecule has 2 aromatic heterocycles. The quantitative estimate of drug-likeness (QED) is 0.712. The second-order valence-electron chi connectivity index (χ2n) is 5.03. The molecule has 0 aliphatic carbocycles. The first-order valence-corrected chi connectivity index (χ1v) is 8.23. The van der Waals surface area contributed by atoms with Gasteiger partial charge in [0.25, 0.3) is 0 Å². The third-order valence-electron chi connectivity index (χ3n) is 3.34. The molecule has 0 bridgehead atoms. The summed E-state index contributed by atoms with van der Waals surface area (Å²) in [6.45, 7) is 2.00. The van der Waals surface area contributed by atoms with Gasteiger partial charge < -0.3 is 0 Å². The molecule has 0 saturated heterocycles. The Labute approximate surface area is 144 Å². The normalized spacial score (nSPS) is 10.8. The van der Waals surface area contributed by atoms with Crippen molar-refractivity contribution in [1.29, 1.82) is 0 Å². The first kappa shape index (κ1) is 15.8. The van der Waals surface area contributed by atoms with E-state index >= 15 is 0 Å². The Balaban J connectivity index is 1.99. The van der Waals surface area contributed by atoms with Gasteiger partial charge in [-0.3, -0.25) is 9.58 Å². The van der Waals surface area contributed by atoms with Crippen molar-refractivity contribution < 1.29 is 0 Å². The molecule has 0 aliphatic heterocycles. The molecule has 23 heavy (non-hydrogen) atoms. The Hall–Kier alpha value is -2.05. The minimum atomic E-state index is 0.633. The van der Waals surface area contributed by atoms with Gasteiger partial charge in [-0.25, -0.2) is 9.97 Å². The summed E-state index contributed by atoms with van der Waals surface area (Å²) in [5.41, 5.74) is 0.963. The van der Waals surface area contributed by atoms with Gasteiger partial charge in [0.2, 0.25) is 5.95 Å².